The molecule has 0 saturated carbocycles. The van der Waals surface area contributed by atoms with Crippen LogP contribution in [0, 0.1) is 5.92 Å². The van der Waals surface area contributed by atoms with E-state index < -0.39 is 0 Å². The number of benzene rings is 2. The number of carbonyl (C=O) groups is 1. The summed E-state index contributed by atoms with van der Waals surface area (Å²) in [5, 5.41) is 9.04. The van der Waals surface area contributed by atoms with Crippen molar-refractivity contribution in [3.8, 4) is 0 Å². The summed E-state index contributed by atoms with van der Waals surface area (Å²) in [6, 6.07) is 15.3. The number of amides is 1. The van der Waals surface area contributed by atoms with Crippen LogP contribution in [0.4, 0.5) is 11.5 Å². The first-order chi connectivity index (χ1) is 14.6. The van der Waals surface area contributed by atoms with Crippen molar-refractivity contribution in [3.05, 3.63) is 64.4 Å². The maximum Gasteiger partial charge on any atom is 0.275 e. The third-order valence-corrected chi connectivity index (χ3v) is 5.77. The van der Waals surface area contributed by atoms with E-state index in [1.54, 1.807) is 0 Å². The van der Waals surface area contributed by atoms with E-state index in [0.717, 1.165) is 48.4 Å². The van der Waals surface area contributed by atoms with E-state index in [9.17, 15) is 9.59 Å². The molecule has 0 aliphatic carbocycles. The molecule has 3 aromatic rings. The Kier molecular flexibility index (Phi) is 5.84. The van der Waals surface area contributed by atoms with Crippen LogP contribution in [0.5, 0.6) is 0 Å². The van der Waals surface area contributed by atoms with E-state index in [1.165, 1.54) is 11.1 Å². The smallest absolute Gasteiger partial charge is 0.275 e. The van der Waals surface area contributed by atoms with Crippen LogP contribution in [0.15, 0.2) is 53.3 Å². The van der Waals surface area contributed by atoms with Crippen LogP contribution < -0.4 is 15.8 Å². The predicted octanol–water partition coefficient (Wildman–Crippen LogP) is 3.83. The van der Waals surface area contributed by atoms with Gasteiger partial charge in [-0.1, -0.05) is 50.2 Å². The number of carbonyl (C=O) groups excluding carboxylic acids is 1. The van der Waals surface area contributed by atoms with Gasteiger partial charge in [-0.05, 0) is 42.9 Å². The van der Waals surface area contributed by atoms with Crippen LogP contribution in [0.3, 0.4) is 0 Å². The monoisotopic (exact) mass is 404 g/mol. The van der Waals surface area contributed by atoms with Crippen LogP contribution in [0.2, 0.25) is 0 Å². The molecule has 1 aliphatic rings. The highest BCUT2D eigenvalue weighted by atomic mass is 16.2. The molecule has 0 unspecified atom stereocenters. The first-order valence-corrected chi connectivity index (χ1v) is 10.7. The van der Waals surface area contributed by atoms with Gasteiger partial charge in [0, 0.05) is 24.2 Å². The third kappa shape index (κ3) is 4.08. The summed E-state index contributed by atoms with van der Waals surface area (Å²) in [4.78, 5) is 28.0. The van der Waals surface area contributed by atoms with Gasteiger partial charge in [-0.2, -0.15) is 5.10 Å². The Bertz CT molecular complexity index is 1120. The van der Waals surface area contributed by atoms with Gasteiger partial charge in [-0.3, -0.25) is 9.59 Å². The standard InChI is InChI=1S/C24H28N4O2/c1-3-18-10-4-7-13-21(18)25-22(29)16-28-24(30)20-12-6-5-11-19(20)23(26-28)27-14-8-9-17(2)15-27/h4-7,10-13,17H,3,8-9,14-16H2,1-2H3,(H,25,29)/t17-/m1/s1. The summed E-state index contributed by atoms with van der Waals surface area (Å²) in [5.41, 5.74) is 1.61. The molecule has 1 atom stereocenters. The minimum Gasteiger partial charge on any atom is -0.354 e. The fraction of sp³-hybridized carbons (Fsp3) is 0.375. The van der Waals surface area contributed by atoms with Crippen molar-refractivity contribution in [2.75, 3.05) is 23.3 Å². The highest BCUT2D eigenvalue weighted by Gasteiger charge is 2.22. The fourth-order valence-corrected chi connectivity index (χ4v) is 4.22. The van der Waals surface area contributed by atoms with Crippen molar-refractivity contribution < 1.29 is 4.79 Å². The molecular weight excluding hydrogens is 376 g/mol. The number of rotatable bonds is 5. The molecule has 156 valence electrons. The fourth-order valence-electron chi connectivity index (χ4n) is 4.22. The summed E-state index contributed by atoms with van der Waals surface area (Å²) in [6.07, 6.45) is 3.12. The first-order valence-electron chi connectivity index (χ1n) is 10.7. The number of fused-ring (bicyclic) bond motifs is 1. The molecule has 1 amide bonds. The third-order valence-electron chi connectivity index (χ3n) is 5.77. The van der Waals surface area contributed by atoms with Gasteiger partial charge in [0.25, 0.3) is 5.56 Å². The Morgan fingerprint density at radius 1 is 1.13 bits per heavy atom. The number of anilines is 2. The molecule has 1 saturated heterocycles. The number of hydrogen-bond donors (Lipinski definition) is 1. The number of piperidine rings is 1. The molecule has 1 aromatic heterocycles. The molecule has 30 heavy (non-hydrogen) atoms. The van der Waals surface area contributed by atoms with Crippen molar-refractivity contribution in [1.29, 1.82) is 0 Å². The zero-order valence-corrected chi connectivity index (χ0v) is 17.6. The summed E-state index contributed by atoms with van der Waals surface area (Å²) >= 11 is 0. The SMILES string of the molecule is CCc1ccccc1NC(=O)Cn1nc(N2CCC[C@@H](C)C2)c2ccccc2c1=O. The van der Waals surface area contributed by atoms with Crippen LogP contribution in [0.25, 0.3) is 10.8 Å². The van der Waals surface area contributed by atoms with Crippen LogP contribution in [0.1, 0.15) is 32.3 Å². The summed E-state index contributed by atoms with van der Waals surface area (Å²) < 4.78 is 1.31. The van der Waals surface area contributed by atoms with E-state index in [0.29, 0.717) is 11.3 Å². The number of nitrogens with one attached hydrogen (secondary N) is 1. The number of nitrogens with zero attached hydrogens (tertiary/aromatic N) is 3. The topological polar surface area (TPSA) is 67.2 Å². The molecule has 2 heterocycles. The summed E-state index contributed by atoms with van der Waals surface area (Å²) in [7, 11) is 0. The normalized spacial score (nSPS) is 16.6. The van der Waals surface area contributed by atoms with Gasteiger partial charge < -0.3 is 10.2 Å². The Morgan fingerprint density at radius 2 is 1.87 bits per heavy atom. The lowest BCUT2D eigenvalue weighted by Crippen LogP contribution is -2.38. The second-order valence-corrected chi connectivity index (χ2v) is 8.08. The van der Waals surface area contributed by atoms with E-state index in [4.69, 9.17) is 0 Å². The maximum atomic E-state index is 13.0. The molecule has 6 heteroatoms. The molecular formula is C24H28N4O2. The van der Waals surface area contributed by atoms with Gasteiger partial charge in [0.1, 0.15) is 6.54 Å². The molecule has 6 nitrogen and oxygen atoms in total. The maximum absolute atomic E-state index is 13.0. The van der Waals surface area contributed by atoms with E-state index in [1.807, 2.05) is 55.5 Å². The number of aryl methyl sites for hydroxylation is 1. The van der Waals surface area contributed by atoms with Gasteiger partial charge >= 0.3 is 0 Å². The Balaban J connectivity index is 1.67. The molecule has 0 spiro atoms. The van der Waals surface area contributed by atoms with Crippen LogP contribution >= 0.6 is 0 Å². The molecule has 1 N–H and O–H groups in total. The van der Waals surface area contributed by atoms with Gasteiger partial charge in [-0.15, -0.1) is 0 Å². The second-order valence-electron chi connectivity index (χ2n) is 8.08. The van der Waals surface area contributed by atoms with Crippen LogP contribution in [-0.4, -0.2) is 28.8 Å². The van der Waals surface area contributed by atoms with Crippen molar-refractivity contribution in [1.82, 2.24) is 9.78 Å². The molecule has 4 rings (SSSR count). The number of aromatic nitrogens is 2. The highest BCUT2D eigenvalue weighted by Crippen LogP contribution is 2.26. The Hall–Kier alpha value is -3.15. The van der Waals surface area contributed by atoms with Crippen LogP contribution in [-0.2, 0) is 17.8 Å². The van der Waals surface area contributed by atoms with Crippen molar-refractivity contribution in [2.45, 2.75) is 39.7 Å². The lowest BCUT2D eigenvalue weighted by Gasteiger charge is -2.32. The van der Waals surface area contributed by atoms with Crippen molar-refractivity contribution in [3.63, 3.8) is 0 Å². The Labute approximate surface area is 176 Å². The number of para-hydroxylation sites is 1. The highest BCUT2D eigenvalue weighted by molar-refractivity contribution is 5.93. The Morgan fingerprint density at radius 3 is 2.63 bits per heavy atom. The molecule has 1 fully saturated rings. The van der Waals surface area contributed by atoms with E-state index in [2.05, 4.69) is 22.2 Å². The van der Waals surface area contributed by atoms with Gasteiger partial charge in [0.2, 0.25) is 5.91 Å². The average Bonchev–Trinajstić information content (AvgIpc) is 2.76. The molecule has 0 bridgehead atoms. The summed E-state index contributed by atoms with van der Waals surface area (Å²) in [5.74, 6) is 1.12. The molecule has 1 aliphatic heterocycles. The lowest BCUT2D eigenvalue weighted by molar-refractivity contribution is -0.117. The quantitative estimate of drug-likeness (QED) is 0.702. The van der Waals surface area contributed by atoms with Gasteiger partial charge in [-0.25, -0.2) is 4.68 Å². The minimum atomic E-state index is -0.251. The van der Waals surface area contributed by atoms with E-state index >= 15 is 0 Å². The lowest BCUT2D eigenvalue weighted by atomic mass is 10.00. The number of hydrogen-bond acceptors (Lipinski definition) is 4. The zero-order valence-electron chi connectivity index (χ0n) is 17.6. The van der Waals surface area contributed by atoms with Gasteiger partial charge in [0.05, 0.1) is 5.39 Å². The zero-order chi connectivity index (χ0) is 21.1. The van der Waals surface area contributed by atoms with Crippen molar-refractivity contribution in [2.24, 2.45) is 5.92 Å². The molecule has 2 aromatic carbocycles. The predicted molar refractivity (Wildman–Crippen MR) is 121 cm³/mol. The first kappa shape index (κ1) is 20.1. The van der Waals surface area contributed by atoms with Crippen molar-refractivity contribution >= 4 is 28.2 Å². The average molecular weight is 405 g/mol. The second kappa shape index (κ2) is 8.69. The van der Waals surface area contributed by atoms with E-state index in [-0.39, 0.29) is 18.0 Å². The largest absolute Gasteiger partial charge is 0.354 e. The summed E-state index contributed by atoms with van der Waals surface area (Å²) in [6.45, 7) is 5.99. The molecule has 0 radical (unpaired) electrons. The van der Waals surface area contributed by atoms with Gasteiger partial charge in [0.15, 0.2) is 5.82 Å². The minimum absolute atomic E-state index is 0.113.